The molecule has 0 aromatic heterocycles. The third kappa shape index (κ3) is 2.58. The van der Waals surface area contributed by atoms with Crippen LogP contribution < -0.4 is 0 Å². The molecule has 0 aliphatic rings. The lowest BCUT2D eigenvalue weighted by molar-refractivity contribution is -0.276. The van der Waals surface area contributed by atoms with Gasteiger partial charge in [0.1, 0.15) is 0 Å². The molecular weight excluding hydrogens is 173 g/mol. The van der Waals surface area contributed by atoms with Gasteiger partial charge >= 0.3 is 12.1 Å². The van der Waals surface area contributed by atoms with Crippen LogP contribution in [0.1, 0.15) is 0 Å². The summed E-state index contributed by atoms with van der Waals surface area (Å²) < 4.78 is 57.1. The summed E-state index contributed by atoms with van der Waals surface area (Å²) in [5.74, 6) is -4.93. The molecule has 0 saturated carbocycles. The molecule has 0 amide bonds. The Bertz CT molecular complexity index is 178. The summed E-state index contributed by atoms with van der Waals surface area (Å²) >= 11 is 0. The topological polar surface area (TPSA) is 48.8 Å². The van der Waals surface area contributed by atoms with Crippen LogP contribution in [-0.2, 0) is 0 Å². The van der Waals surface area contributed by atoms with Crippen LogP contribution in [0.4, 0.5) is 22.0 Å². The number of halogens is 5. The lowest BCUT2D eigenvalue weighted by Gasteiger charge is -2.16. The minimum atomic E-state index is -5.65. The van der Waals surface area contributed by atoms with E-state index < -0.39 is 18.6 Å². The van der Waals surface area contributed by atoms with Gasteiger partial charge in [0.2, 0.25) is 0 Å². The number of hydrogen-bond donors (Lipinski definition) is 0. The van der Waals surface area contributed by atoms with Gasteiger partial charge in [0, 0.05) is 4.91 Å². The third-order valence-corrected chi connectivity index (χ3v) is 0.747. The van der Waals surface area contributed by atoms with Crippen molar-refractivity contribution in [3.8, 4) is 0 Å². The van der Waals surface area contributed by atoms with E-state index in [9.17, 15) is 22.0 Å². The van der Waals surface area contributed by atoms with Crippen LogP contribution in [0.15, 0.2) is 5.11 Å². The number of azide groups is 1. The molecule has 64 valence electrons. The molecule has 0 atom stereocenters. The molecule has 0 aliphatic carbocycles. The van der Waals surface area contributed by atoms with Gasteiger partial charge in [-0.3, -0.25) is 0 Å². The van der Waals surface area contributed by atoms with Crippen molar-refractivity contribution in [1.29, 1.82) is 0 Å². The van der Waals surface area contributed by atoms with Crippen molar-refractivity contribution < 1.29 is 22.0 Å². The molecule has 0 radical (unpaired) electrons. The molecule has 0 heterocycles. The van der Waals surface area contributed by atoms with Crippen LogP contribution in [-0.4, -0.2) is 18.6 Å². The SMILES string of the molecule is [N-]=[N+]=NCC(F)(F)C(F)(F)F. The smallest absolute Gasteiger partial charge is 0.196 e. The predicted octanol–water partition coefficient (Wildman–Crippen LogP) is 2.49. The molecular formula is C3H2F5N3. The second kappa shape index (κ2) is 2.91. The molecule has 11 heavy (non-hydrogen) atoms. The molecule has 0 fully saturated rings. The Labute approximate surface area is 57.4 Å². The average molecular weight is 175 g/mol. The quantitative estimate of drug-likeness (QED) is 0.268. The second-order valence-electron chi connectivity index (χ2n) is 1.59. The Kier molecular flexibility index (Phi) is 2.64. The maximum atomic E-state index is 11.7. The van der Waals surface area contributed by atoms with Gasteiger partial charge in [-0.05, 0) is 5.53 Å². The zero-order chi connectivity index (χ0) is 9.12. The maximum absolute atomic E-state index is 11.7. The van der Waals surface area contributed by atoms with Gasteiger partial charge in [-0.25, -0.2) is 0 Å². The van der Waals surface area contributed by atoms with E-state index in [1.807, 2.05) is 0 Å². The lowest BCUT2D eigenvalue weighted by atomic mass is 10.3. The minimum absolute atomic E-state index is 1.78. The van der Waals surface area contributed by atoms with Gasteiger partial charge in [0.05, 0.1) is 6.54 Å². The fraction of sp³-hybridized carbons (Fsp3) is 1.00. The van der Waals surface area contributed by atoms with E-state index in [1.165, 1.54) is 0 Å². The summed E-state index contributed by atoms with van der Waals surface area (Å²) in [5, 5.41) is 2.12. The van der Waals surface area contributed by atoms with Gasteiger partial charge in [-0.1, -0.05) is 5.11 Å². The summed E-state index contributed by atoms with van der Waals surface area (Å²) in [6.45, 7) is -1.90. The number of rotatable bonds is 2. The van der Waals surface area contributed by atoms with Crippen LogP contribution in [0.25, 0.3) is 10.4 Å². The first-order valence-electron chi connectivity index (χ1n) is 2.26. The number of nitrogens with zero attached hydrogens (tertiary/aromatic N) is 3. The molecule has 8 heteroatoms. The van der Waals surface area contributed by atoms with E-state index in [1.54, 1.807) is 4.91 Å². The van der Waals surface area contributed by atoms with Crippen molar-refractivity contribution in [3.05, 3.63) is 10.4 Å². The van der Waals surface area contributed by atoms with Crippen LogP contribution in [0, 0.1) is 0 Å². The Morgan fingerprint density at radius 1 is 1.18 bits per heavy atom. The fourth-order valence-corrected chi connectivity index (χ4v) is 0.210. The van der Waals surface area contributed by atoms with E-state index >= 15 is 0 Å². The van der Waals surface area contributed by atoms with Crippen molar-refractivity contribution in [2.45, 2.75) is 12.1 Å². The first-order valence-corrected chi connectivity index (χ1v) is 2.26. The highest BCUT2D eigenvalue weighted by Gasteiger charge is 2.56. The lowest BCUT2D eigenvalue weighted by Crippen LogP contribution is -2.38. The monoisotopic (exact) mass is 175 g/mol. The number of alkyl halides is 5. The zero-order valence-corrected chi connectivity index (χ0v) is 4.94. The Balaban J connectivity index is 4.33. The third-order valence-electron chi connectivity index (χ3n) is 0.747. The predicted molar refractivity (Wildman–Crippen MR) is 25.0 cm³/mol. The van der Waals surface area contributed by atoms with Crippen LogP contribution in [0.3, 0.4) is 0 Å². The van der Waals surface area contributed by atoms with Gasteiger partial charge in [0.25, 0.3) is 0 Å². The second-order valence-corrected chi connectivity index (χ2v) is 1.59. The molecule has 0 spiro atoms. The molecule has 0 aromatic rings. The summed E-state index contributed by atoms with van der Waals surface area (Å²) in [7, 11) is 0. The van der Waals surface area contributed by atoms with E-state index in [0.29, 0.717) is 0 Å². The Morgan fingerprint density at radius 2 is 1.64 bits per heavy atom. The Hall–Kier alpha value is -1.04. The van der Waals surface area contributed by atoms with Gasteiger partial charge in [0.15, 0.2) is 0 Å². The molecule has 0 aromatic carbocycles. The van der Waals surface area contributed by atoms with Crippen LogP contribution in [0.5, 0.6) is 0 Å². The molecule has 3 nitrogen and oxygen atoms in total. The summed E-state index contributed by atoms with van der Waals surface area (Å²) in [4.78, 5) is 1.78. The zero-order valence-electron chi connectivity index (χ0n) is 4.94. The first kappa shape index (κ1) is 9.96. The van der Waals surface area contributed by atoms with Crippen molar-refractivity contribution >= 4 is 0 Å². The van der Waals surface area contributed by atoms with E-state index in [2.05, 4.69) is 5.11 Å². The highest BCUT2D eigenvalue weighted by molar-refractivity contribution is 4.77. The Morgan fingerprint density at radius 3 is 1.91 bits per heavy atom. The van der Waals surface area contributed by atoms with Crippen molar-refractivity contribution in [3.63, 3.8) is 0 Å². The van der Waals surface area contributed by atoms with Crippen molar-refractivity contribution in [1.82, 2.24) is 0 Å². The van der Waals surface area contributed by atoms with E-state index in [4.69, 9.17) is 5.53 Å². The van der Waals surface area contributed by atoms with Gasteiger partial charge in [-0.2, -0.15) is 22.0 Å². The highest BCUT2D eigenvalue weighted by atomic mass is 19.4. The van der Waals surface area contributed by atoms with E-state index in [0.717, 1.165) is 0 Å². The largest absolute Gasteiger partial charge is 0.453 e. The fourth-order valence-electron chi connectivity index (χ4n) is 0.210. The summed E-state index contributed by atoms with van der Waals surface area (Å²) in [6.07, 6.45) is -5.65. The van der Waals surface area contributed by atoms with Gasteiger partial charge in [-0.15, -0.1) is 0 Å². The first-order chi connectivity index (χ1) is 4.81. The average Bonchev–Trinajstić information content (AvgIpc) is 1.81. The molecule has 0 N–H and O–H groups in total. The standard InChI is InChI=1S/C3H2F5N3/c4-2(5,1-10-11-9)3(6,7)8/h1H2. The summed E-state index contributed by atoms with van der Waals surface area (Å²) in [6, 6.07) is 0. The van der Waals surface area contributed by atoms with Crippen molar-refractivity contribution in [2.24, 2.45) is 5.11 Å². The minimum Gasteiger partial charge on any atom is -0.196 e. The van der Waals surface area contributed by atoms with Crippen LogP contribution in [0.2, 0.25) is 0 Å². The molecule has 0 aliphatic heterocycles. The molecule has 0 rings (SSSR count). The highest BCUT2D eigenvalue weighted by Crippen LogP contribution is 2.35. The molecule has 0 unspecified atom stereocenters. The van der Waals surface area contributed by atoms with Crippen LogP contribution >= 0.6 is 0 Å². The van der Waals surface area contributed by atoms with Crippen molar-refractivity contribution in [2.75, 3.05) is 6.54 Å². The maximum Gasteiger partial charge on any atom is 0.453 e. The van der Waals surface area contributed by atoms with Gasteiger partial charge < -0.3 is 0 Å². The summed E-state index contributed by atoms with van der Waals surface area (Å²) in [5.41, 5.74) is 7.45. The normalized spacial score (nSPS) is 12.5. The molecule has 0 saturated heterocycles. The molecule has 0 bridgehead atoms. The van der Waals surface area contributed by atoms with E-state index in [-0.39, 0.29) is 0 Å². The number of hydrogen-bond acceptors (Lipinski definition) is 1.